The van der Waals surface area contributed by atoms with E-state index in [2.05, 4.69) is 0 Å². The van der Waals surface area contributed by atoms with Crippen molar-refractivity contribution < 1.29 is 67.8 Å². The lowest BCUT2D eigenvalue weighted by atomic mass is 9.98. The lowest BCUT2D eigenvalue weighted by Gasteiger charge is -2.45. The number of hydrogen-bond donors (Lipinski definition) is 4. The maximum absolute atomic E-state index is 8.94. The predicted molar refractivity (Wildman–Crippen MR) is 127 cm³/mol. The Hall–Kier alpha value is -0.560. The SMILES string of the molecule is CO[C@H]1O[C@H](COCCOCCO)[C@@H](OCCOCCO)[C@H](OCCOCCO)[C@H]1OCCOCCO. The normalized spacial score (nSPS) is 24.1. The third-order valence-corrected chi connectivity index (χ3v) is 5.03. The molecule has 222 valence electrons. The zero-order valence-electron chi connectivity index (χ0n) is 21.8. The molecule has 0 unspecified atom stereocenters. The van der Waals surface area contributed by atoms with E-state index >= 15 is 0 Å². The van der Waals surface area contributed by atoms with Gasteiger partial charge in [0.25, 0.3) is 0 Å². The summed E-state index contributed by atoms with van der Waals surface area (Å²) < 4.78 is 56.9. The van der Waals surface area contributed by atoms with Gasteiger partial charge >= 0.3 is 0 Å². The van der Waals surface area contributed by atoms with Gasteiger partial charge in [-0.1, -0.05) is 0 Å². The summed E-state index contributed by atoms with van der Waals surface area (Å²) in [6.45, 7) is 2.56. The van der Waals surface area contributed by atoms with Gasteiger partial charge in [0.15, 0.2) is 6.29 Å². The van der Waals surface area contributed by atoms with Gasteiger partial charge < -0.3 is 67.8 Å². The van der Waals surface area contributed by atoms with Crippen LogP contribution in [0.5, 0.6) is 0 Å². The molecule has 0 radical (unpaired) electrons. The Morgan fingerprint density at radius 3 is 1.35 bits per heavy atom. The lowest BCUT2D eigenvalue weighted by molar-refractivity contribution is -0.320. The van der Waals surface area contributed by atoms with Gasteiger partial charge in [-0.2, -0.15) is 0 Å². The molecule has 0 aliphatic carbocycles. The molecule has 14 nitrogen and oxygen atoms in total. The first-order chi connectivity index (χ1) is 18.2. The highest BCUT2D eigenvalue weighted by atomic mass is 16.7. The zero-order chi connectivity index (χ0) is 27.0. The largest absolute Gasteiger partial charge is 0.394 e. The lowest BCUT2D eigenvalue weighted by Crippen LogP contribution is -2.62. The quantitative estimate of drug-likeness (QED) is 0.0843. The molecule has 0 aromatic rings. The summed E-state index contributed by atoms with van der Waals surface area (Å²) in [6.07, 6.45) is -3.36. The Balaban J connectivity index is 2.90. The molecule has 0 saturated carbocycles. The molecule has 1 heterocycles. The minimum atomic E-state index is -0.800. The summed E-state index contributed by atoms with van der Waals surface area (Å²) in [7, 11) is 1.50. The summed E-state index contributed by atoms with van der Waals surface area (Å²) in [5.41, 5.74) is 0. The summed E-state index contributed by atoms with van der Waals surface area (Å²) in [5, 5.41) is 35.6. The first kappa shape index (κ1) is 34.5. The number of rotatable bonds is 26. The molecule has 1 aliphatic rings. The summed E-state index contributed by atoms with van der Waals surface area (Å²) in [6, 6.07) is 0. The number of aliphatic hydroxyl groups is 4. The highest BCUT2D eigenvalue weighted by Crippen LogP contribution is 2.29. The molecule has 1 fully saturated rings. The zero-order valence-corrected chi connectivity index (χ0v) is 21.8. The van der Waals surface area contributed by atoms with Crippen LogP contribution >= 0.6 is 0 Å². The van der Waals surface area contributed by atoms with Gasteiger partial charge in [0.05, 0.1) is 112 Å². The monoisotopic (exact) mass is 546 g/mol. The van der Waals surface area contributed by atoms with Gasteiger partial charge in [-0.05, 0) is 0 Å². The van der Waals surface area contributed by atoms with E-state index in [0.29, 0.717) is 6.61 Å². The first-order valence-corrected chi connectivity index (χ1v) is 12.6. The van der Waals surface area contributed by atoms with Crippen LogP contribution < -0.4 is 0 Å². The van der Waals surface area contributed by atoms with Crippen molar-refractivity contribution in [1.82, 2.24) is 0 Å². The smallest absolute Gasteiger partial charge is 0.186 e. The molecular formula is C23H46O14. The average Bonchev–Trinajstić information content (AvgIpc) is 2.91. The number of ether oxygens (including phenoxy) is 10. The van der Waals surface area contributed by atoms with Crippen LogP contribution in [0, 0.1) is 0 Å². The van der Waals surface area contributed by atoms with Crippen LogP contribution in [0.1, 0.15) is 0 Å². The molecule has 1 aliphatic heterocycles. The highest BCUT2D eigenvalue weighted by Gasteiger charge is 2.48. The van der Waals surface area contributed by atoms with Gasteiger partial charge in [-0.3, -0.25) is 0 Å². The van der Waals surface area contributed by atoms with Crippen LogP contribution in [0.25, 0.3) is 0 Å². The number of methoxy groups -OCH3 is 1. The van der Waals surface area contributed by atoms with Crippen molar-refractivity contribution in [3.8, 4) is 0 Å². The van der Waals surface area contributed by atoms with Crippen molar-refractivity contribution >= 4 is 0 Å². The minimum absolute atomic E-state index is 0.0665. The van der Waals surface area contributed by atoms with Crippen molar-refractivity contribution in [3.63, 3.8) is 0 Å². The Bertz CT molecular complexity index is 488. The second-order valence-electron chi connectivity index (χ2n) is 7.70. The van der Waals surface area contributed by atoms with E-state index in [4.69, 9.17) is 67.8 Å². The molecule has 0 amide bonds. The second kappa shape index (κ2) is 24.5. The van der Waals surface area contributed by atoms with Gasteiger partial charge in [0, 0.05) is 7.11 Å². The first-order valence-electron chi connectivity index (χ1n) is 12.6. The Labute approximate surface area is 218 Å². The van der Waals surface area contributed by atoms with Crippen molar-refractivity contribution in [3.05, 3.63) is 0 Å². The van der Waals surface area contributed by atoms with Gasteiger partial charge in [0.2, 0.25) is 0 Å². The molecule has 14 heteroatoms. The number of aliphatic hydroxyl groups excluding tert-OH is 4. The Morgan fingerprint density at radius 2 is 0.892 bits per heavy atom. The molecule has 1 rings (SSSR count). The van der Waals surface area contributed by atoms with E-state index in [-0.39, 0.29) is 106 Å². The molecule has 37 heavy (non-hydrogen) atoms. The molecule has 0 spiro atoms. The predicted octanol–water partition coefficient (Wildman–Crippen LogP) is -2.43. The third kappa shape index (κ3) is 15.6. The summed E-state index contributed by atoms with van der Waals surface area (Å²) in [4.78, 5) is 0. The molecule has 5 atom stereocenters. The van der Waals surface area contributed by atoms with E-state index in [0.717, 1.165) is 0 Å². The van der Waals surface area contributed by atoms with Crippen LogP contribution in [0.4, 0.5) is 0 Å². The van der Waals surface area contributed by atoms with E-state index in [1.54, 1.807) is 0 Å². The van der Waals surface area contributed by atoms with Gasteiger partial charge in [-0.25, -0.2) is 0 Å². The Kier molecular flexibility index (Phi) is 22.8. The van der Waals surface area contributed by atoms with Crippen LogP contribution in [-0.2, 0) is 47.4 Å². The molecule has 0 aromatic heterocycles. The second-order valence-corrected chi connectivity index (χ2v) is 7.70. The number of hydrogen-bond acceptors (Lipinski definition) is 14. The summed E-state index contributed by atoms with van der Waals surface area (Å²) >= 11 is 0. The molecule has 0 bridgehead atoms. The third-order valence-electron chi connectivity index (χ3n) is 5.03. The van der Waals surface area contributed by atoms with E-state index in [1.165, 1.54) is 7.11 Å². The maximum Gasteiger partial charge on any atom is 0.186 e. The molecule has 4 N–H and O–H groups in total. The van der Waals surface area contributed by atoms with E-state index < -0.39 is 30.7 Å². The Morgan fingerprint density at radius 1 is 0.486 bits per heavy atom. The summed E-state index contributed by atoms with van der Waals surface area (Å²) in [5.74, 6) is 0. The molecule has 1 saturated heterocycles. The van der Waals surface area contributed by atoms with Crippen LogP contribution in [0.2, 0.25) is 0 Å². The van der Waals surface area contributed by atoms with Crippen molar-refractivity contribution in [2.45, 2.75) is 30.7 Å². The topological polar surface area (TPSA) is 173 Å². The maximum atomic E-state index is 8.94. The molecule has 0 aromatic carbocycles. The van der Waals surface area contributed by atoms with Crippen molar-refractivity contribution in [2.75, 3.05) is 119 Å². The fourth-order valence-corrected chi connectivity index (χ4v) is 3.48. The highest BCUT2D eigenvalue weighted by molar-refractivity contribution is 4.93. The van der Waals surface area contributed by atoms with E-state index in [9.17, 15) is 0 Å². The van der Waals surface area contributed by atoms with Gasteiger partial charge in [0.1, 0.15) is 24.4 Å². The van der Waals surface area contributed by atoms with Crippen LogP contribution in [0.3, 0.4) is 0 Å². The van der Waals surface area contributed by atoms with Crippen LogP contribution in [-0.4, -0.2) is 171 Å². The standard InChI is InChI=1S/C23H46O14/c1-28-23-22(36-17-14-32-9-5-27)21(35-16-13-31-8-4-26)20(34-15-12-30-7-3-25)19(37-23)18-33-11-10-29-6-2-24/h19-27H,2-18H2,1H3/t19-,20-,21+,22-,23+/m1/s1. The van der Waals surface area contributed by atoms with Crippen molar-refractivity contribution in [1.29, 1.82) is 0 Å². The van der Waals surface area contributed by atoms with Crippen LogP contribution in [0.15, 0.2) is 0 Å². The fourth-order valence-electron chi connectivity index (χ4n) is 3.48. The van der Waals surface area contributed by atoms with Gasteiger partial charge in [-0.15, -0.1) is 0 Å². The average molecular weight is 547 g/mol. The molecular weight excluding hydrogens is 500 g/mol. The fraction of sp³-hybridized carbons (Fsp3) is 1.00. The minimum Gasteiger partial charge on any atom is -0.394 e. The van der Waals surface area contributed by atoms with Crippen molar-refractivity contribution in [2.24, 2.45) is 0 Å². The van der Waals surface area contributed by atoms with E-state index in [1.807, 2.05) is 0 Å².